The van der Waals surface area contributed by atoms with Crippen molar-refractivity contribution in [3.63, 3.8) is 0 Å². The molecule has 0 N–H and O–H groups in total. The van der Waals surface area contributed by atoms with Gasteiger partial charge in [0.15, 0.2) is 0 Å². The Bertz CT molecular complexity index is 302. The van der Waals surface area contributed by atoms with E-state index >= 15 is 0 Å². The monoisotopic (exact) mass is 254 g/mol. The Morgan fingerprint density at radius 1 is 1.00 bits per heavy atom. The Morgan fingerprint density at radius 2 is 1.56 bits per heavy atom. The second kappa shape index (κ2) is 6.88. The van der Waals surface area contributed by atoms with Gasteiger partial charge in [0.1, 0.15) is 5.78 Å². The summed E-state index contributed by atoms with van der Waals surface area (Å²) in [6.45, 7) is 3.21. The fraction of sp³-hybridized carbons (Fsp3) is 0.857. The summed E-state index contributed by atoms with van der Waals surface area (Å²) < 4.78 is 0. The molecule has 18 heavy (non-hydrogen) atoms. The molecular weight excluding hydrogens is 228 g/mol. The fourth-order valence-corrected chi connectivity index (χ4v) is 2.66. The van der Waals surface area contributed by atoms with Crippen LogP contribution in [0.2, 0.25) is 0 Å². The third-order valence-corrected chi connectivity index (χ3v) is 3.86. The van der Waals surface area contributed by atoms with Gasteiger partial charge in [0.2, 0.25) is 5.91 Å². The number of Topliss-reactive ketones (excluding diaryl/α,β-unsaturated/α-hetero) is 1. The number of rotatable bonds is 5. The van der Waals surface area contributed by atoms with Crippen LogP contribution in [0.4, 0.5) is 0 Å². The van der Waals surface area contributed by atoms with E-state index < -0.39 is 0 Å². The number of carbonyl (C=O) groups excluding carboxylic acids is 2. The smallest absolute Gasteiger partial charge is 0.226 e. The van der Waals surface area contributed by atoms with Crippen molar-refractivity contribution in [2.45, 2.75) is 32.6 Å². The highest BCUT2D eigenvalue weighted by Crippen LogP contribution is 2.31. The number of amides is 1. The van der Waals surface area contributed by atoms with Crippen molar-refractivity contribution in [1.29, 1.82) is 0 Å². The van der Waals surface area contributed by atoms with E-state index in [-0.39, 0.29) is 23.5 Å². The van der Waals surface area contributed by atoms with Crippen molar-refractivity contribution in [2.24, 2.45) is 11.8 Å². The molecule has 0 aromatic rings. The van der Waals surface area contributed by atoms with Gasteiger partial charge in [0.05, 0.1) is 0 Å². The van der Waals surface area contributed by atoms with Crippen molar-refractivity contribution in [3.05, 3.63) is 0 Å². The minimum absolute atomic E-state index is 0.0481. The number of likely N-dealkylation sites (N-methyl/N-ethyl adjacent to an activating group) is 2. The minimum Gasteiger partial charge on any atom is -0.344 e. The van der Waals surface area contributed by atoms with Crippen molar-refractivity contribution in [1.82, 2.24) is 9.80 Å². The van der Waals surface area contributed by atoms with Crippen LogP contribution in [0, 0.1) is 11.8 Å². The van der Waals surface area contributed by atoms with E-state index in [1.165, 1.54) is 0 Å². The number of carbonyl (C=O) groups is 2. The maximum absolute atomic E-state index is 12.4. The Hall–Kier alpha value is -0.900. The van der Waals surface area contributed by atoms with Gasteiger partial charge in [-0.3, -0.25) is 9.59 Å². The highest BCUT2D eigenvalue weighted by Gasteiger charge is 2.35. The summed E-state index contributed by atoms with van der Waals surface area (Å²) in [6.07, 6.45) is 3.90. The molecule has 0 heterocycles. The van der Waals surface area contributed by atoms with E-state index in [0.717, 1.165) is 38.8 Å². The van der Waals surface area contributed by atoms with Crippen LogP contribution in [-0.2, 0) is 9.59 Å². The molecule has 0 aromatic heterocycles. The summed E-state index contributed by atoms with van der Waals surface area (Å²) >= 11 is 0. The Labute approximate surface area is 110 Å². The Kier molecular flexibility index (Phi) is 5.79. The molecule has 1 fully saturated rings. The highest BCUT2D eigenvalue weighted by atomic mass is 16.2. The summed E-state index contributed by atoms with van der Waals surface area (Å²) in [5.74, 6) is 0.197. The molecule has 1 amide bonds. The van der Waals surface area contributed by atoms with Gasteiger partial charge in [-0.25, -0.2) is 0 Å². The van der Waals surface area contributed by atoms with Gasteiger partial charge in [-0.15, -0.1) is 0 Å². The summed E-state index contributed by atoms with van der Waals surface area (Å²) in [5, 5.41) is 0. The van der Waals surface area contributed by atoms with E-state index in [2.05, 4.69) is 4.90 Å². The lowest BCUT2D eigenvalue weighted by molar-refractivity contribution is -0.141. The van der Waals surface area contributed by atoms with Gasteiger partial charge >= 0.3 is 0 Å². The molecule has 0 saturated heterocycles. The first kappa shape index (κ1) is 15.2. The lowest BCUT2D eigenvalue weighted by Gasteiger charge is -2.32. The minimum atomic E-state index is -0.0802. The molecule has 0 aromatic carbocycles. The van der Waals surface area contributed by atoms with Crippen LogP contribution in [0.25, 0.3) is 0 Å². The fourth-order valence-electron chi connectivity index (χ4n) is 2.66. The Morgan fingerprint density at radius 3 is 2.06 bits per heavy atom. The average molecular weight is 254 g/mol. The van der Waals surface area contributed by atoms with E-state index in [1.54, 1.807) is 11.8 Å². The summed E-state index contributed by atoms with van der Waals surface area (Å²) in [4.78, 5) is 27.9. The molecule has 2 atom stereocenters. The maximum atomic E-state index is 12.4. The molecule has 1 saturated carbocycles. The third kappa shape index (κ3) is 4.09. The predicted molar refractivity (Wildman–Crippen MR) is 72.3 cm³/mol. The van der Waals surface area contributed by atoms with Gasteiger partial charge in [-0.2, -0.15) is 0 Å². The lowest BCUT2D eigenvalue weighted by atomic mass is 9.76. The number of nitrogens with zero attached hydrogens (tertiary/aromatic N) is 2. The molecule has 1 aliphatic rings. The predicted octanol–water partition coefficient (Wildman–Crippen LogP) is 1.40. The normalized spacial score (nSPS) is 24.1. The molecule has 0 bridgehead atoms. The van der Waals surface area contributed by atoms with E-state index in [9.17, 15) is 9.59 Å². The van der Waals surface area contributed by atoms with Gasteiger partial charge in [0, 0.05) is 32.0 Å². The SMILES string of the molecule is CC(=O)[C@@H]1CCCC[C@@H]1C(=O)N(C)CCN(C)C. The molecule has 4 nitrogen and oxygen atoms in total. The zero-order valence-electron chi connectivity index (χ0n) is 12.1. The molecule has 0 radical (unpaired) electrons. The number of hydrogen-bond donors (Lipinski definition) is 0. The van der Waals surface area contributed by atoms with Crippen molar-refractivity contribution < 1.29 is 9.59 Å². The van der Waals surface area contributed by atoms with Crippen LogP contribution >= 0.6 is 0 Å². The standard InChI is InChI=1S/C14H26N2O2/c1-11(17)12-7-5-6-8-13(12)14(18)16(4)10-9-15(2)3/h12-13H,5-10H2,1-4H3/t12-,13-/m0/s1. The molecular formula is C14H26N2O2. The van der Waals surface area contributed by atoms with Crippen LogP contribution in [0.3, 0.4) is 0 Å². The summed E-state index contributed by atoms with van der Waals surface area (Å²) in [6, 6.07) is 0. The first-order valence-electron chi connectivity index (χ1n) is 6.83. The van der Waals surface area contributed by atoms with Crippen LogP contribution in [0.1, 0.15) is 32.6 Å². The third-order valence-electron chi connectivity index (χ3n) is 3.86. The molecule has 0 unspecified atom stereocenters. The molecule has 0 aliphatic heterocycles. The van der Waals surface area contributed by atoms with Crippen LogP contribution < -0.4 is 0 Å². The van der Waals surface area contributed by atoms with Gasteiger partial charge < -0.3 is 9.80 Å². The van der Waals surface area contributed by atoms with Gasteiger partial charge in [0.25, 0.3) is 0 Å². The number of hydrogen-bond acceptors (Lipinski definition) is 3. The van der Waals surface area contributed by atoms with E-state index in [0.29, 0.717) is 0 Å². The van der Waals surface area contributed by atoms with Crippen molar-refractivity contribution in [3.8, 4) is 0 Å². The molecule has 104 valence electrons. The first-order valence-corrected chi connectivity index (χ1v) is 6.83. The zero-order chi connectivity index (χ0) is 13.7. The maximum Gasteiger partial charge on any atom is 0.226 e. The van der Waals surface area contributed by atoms with Gasteiger partial charge in [-0.05, 0) is 33.9 Å². The van der Waals surface area contributed by atoms with Gasteiger partial charge in [-0.1, -0.05) is 12.8 Å². The molecule has 0 spiro atoms. The molecule has 1 aliphatic carbocycles. The molecule has 1 rings (SSSR count). The van der Waals surface area contributed by atoms with E-state index in [1.807, 2.05) is 21.1 Å². The highest BCUT2D eigenvalue weighted by molar-refractivity contribution is 5.87. The number of ketones is 1. The first-order chi connectivity index (χ1) is 8.43. The second-order valence-corrected chi connectivity index (χ2v) is 5.67. The van der Waals surface area contributed by atoms with Crippen LogP contribution in [0.5, 0.6) is 0 Å². The second-order valence-electron chi connectivity index (χ2n) is 5.67. The van der Waals surface area contributed by atoms with Crippen LogP contribution in [0.15, 0.2) is 0 Å². The van der Waals surface area contributed by atoms with Crippen molar-refractivity contribution in [2.75, 3.05) is 34.2 Å². The topological polar surface area (TPSA) is 40.6 Å². The summed E-state index contributed by atoms with van der Waals surface area (Å²) in [7, 11) is 5.84. The molecule has 4 heteroatoms. The summed E-state index contributed by atoms with van der Waals surface area (Å²) in [5.41, 5.74) is 0. The largest absolute Gasteiger partial charge is 0.344 e. The average Bonchev–Trinajstić information content (AvgIpc) is 2.34. The van der Waals surface area contributed by atoms with Crippen molar-refractivity contribution >= 4 is 11.7 Å². The quantitative estimate of drug-likeness (QED) is 0.744. The zero-order valence-corrected chi connectivity index (χ0v) is 12.1. The van der Waals surface area contributed by atoms with E-state index in [4.69, 9.17) is 0 Å². The lowest BCUT2D eigenvalue weighted by Crippen LogP contribution is -2.42. The Balaban J connectivity index is 2.59. The van der Waals surface area contributed by atoms with Crippen LogP contribution in [-0.4, -0.2) is 55.7 Å².